The van der Waals surface area contributed by atoms with Crippen molar-refractivity contribution in [3.05, 3.63) is 65.2 Å². The zero-order valence-electron chi connectivity index (χ0n) is 14.4. The number of benzene rings is 4. The molecule has 0 radical (unpaired) electrons. The molecule has 0 aliphatic heterocycles. The topological polar surface area (TPSA) is 46.5 Å². The van der Waals surface area contributed by atoms with E-state index in [4.69, 9.17) is 4.74 Å². The average molecular weight is 330 g/mol. The summed E-state index contributed by atoms with van der Waals surface area (Å²) in [4.78, 5) is 12.3. The van der Waals surface area contributed by atoms with E-state index in [1.807, 2.05) is 56.3 Å². The molecular weight excluding hydrogens is 312 g/mol. The number of aryl methyl sites for hydroxylation is 2. The molecule has 4 rings (SSSR count). The third-order valence-electron chi connectivity index (χ3n) is 4.90. The molecule has 3 heteroatoms. The fourth-order valence-electron chi connectivity index (χ4n) is 3.77. The van der Waals surface area contributed by atoms with E-state index in [-0.39, 0.29) is 11.7 Å². The molecule has 0 saturated heterocycles. The summed E-state index contributed by atoms with van der Waals surface area (Å²) in [6, 6.07) is 15.4. The molecule has 0 aliphatic carbocycles. The molecule has 0 spiro atoms. The minimum atomic E-state index is -0.373. The number of carbonyl (C=O) groups is 1. The van der Waals surface area contributed by atoms with Crippen LogP contribution in [0.4, 0.5) is 0 Å². The molecule has 0 saturated carbocycles. The van der Waals surface area contributed by atoms with Crippen molar-refractivity contribution in [1.29, 1.82) is 0 Å². The maximum Gasteiger partial charge on any atom is 0.338 e. The van der Waals surface area contributed by atoms with Crippen LogP contribution in [-0.4, -0.2) is 18.2 Å². The van der Waals surface area contributed by atoms with Gasteiger partial charge in [-0.3, -0.25) is 0 Å². The average Bonchev–Trinajstić information content (AvgIpc) is 2.61. The predicted octanol–water partition coefficient (Wildman–Crippen LogP) is 5.26. The number of phenolic OH excluding ortho intramolecular Hbond substituents is 1. The molecule has 0 fully saturated rings. The van der Waals surface area contributed by atoms with Crippen LogP contribution in [0.15, 0.2) is 48.5 Å². The summed E-state index contributed by atoms with van der Waals surface area (Å²) in [6.45, 7) is 4.08. The Morgan fingerprint density at radius 3 is 2.12 bits per heavy atom. The molecule has 3 nitrogen and oxygen atoms in total. The van der Waals surface area contributed by atoms with Crippen molar-refractivity contribution in [3.8, 4) is 5.75 Å². The van der Waals surface area contributed by atoms with Crippen LogP contribution in [0.5, 0.6) is 5.75 Å². The number of ether oxygens (including phenoxy) is 1. The Morgan fingerprint density at radius 1 is 0.880 bits per heavy atom. The second kappa shape index (κ2) is 5.49. The summed E-state index contributed by atoms with van der Waals surface area (Å²) >= 11 is 0. The van der Waals surface area contributed by atoms with Crippen LogP contribution >= 0.6 is 0 Å². The molecule has 4 aromatic rings. The second-order valence-corrected chi connectivity index (χ2v) is 6.40. The predicted molar refractivity (Wildman–Crippen MR) is 101 cm³/mol. The Labute approximate surface area is 145 Å². The molecule has 0 amide bonds. The van der Waals surface area contributed by atoms with Crippen LogP contribution < -0.4 is 0 Å². The van der Waals surface area contributed by atoms with E-state index in [1.54, 1.807) is 6.07 Å². The number of fused-ring (bicyclic) bond motifs is 5. The zero-order chi connectivity index (χ0) is 17.7. The highest BCUT2D eigenvalue weighted by Crippen LogP contribution is 2.40. The van der Waals surface area contributed by atoms with E-state index in [1.165, 1.54) is 7.11 Å². The SMILES string of the molecule is COC(=O)c1cc2cc(O)c3cccc(C)c3c2c2c(C)cccc12. The first-order valence-electron chi connectivity index (χ1n) is 8.18. The largest absolute Gasteiger partial charge is 0.507 e. The highest BCUT2D eigenvalue weighted by molar-refractivity contribution is 6.26. The third-order valence-corrected chi connectivity index (χ3v) is 4.90. The molecular formula is C22H18O3. The molecule has 0 atom stereocenters. The van der Waals surface area contributed by atoms with Gasteiger partial charge in [-0.15, -0.1) is 0 Å². The van der Waals surface area contributed by atoms with Gasteiger partial charge in [0.05, 0.1) is 12.7 Å². The molecule has 0 aromatic heterocycles. The summed E-state index contributed by atoms with van der Waals surface area (Å²) in [5, 5.41) is 16.1. The fraction of sp³-hybridized carbons (Fsp3) is 0.136. The Balaban J connectivity index is 2.38. The lowest BCUT2D eigenvalue weighted by Gasteiger charge is -2.15. The highest BCUT2D eigenvalue weighted by atomic mass is 16.5. The smallest absolute Gasteiger partial charge is 0.338 e. The number of hydrogen-bond acceptors (Lipinski definition) is 3. The quantitative estimate of drug-likeness (QED) is 0.383. The van der Waals surface area contributed by atoms with Crippen LogP contribution in [0.2, 0.25) is 0 Å². The Kier molecular flexibility index (Phi) is 3.39. The molecule has 25 heavy (non-hydrogen) atoms. The van der Waals surface area contributed by atoms with Crippen molar-refractivity contribution < 1.29 is 14.6 Å². The maximum absolute atomic E-state index is 12.3. The summed E-state index contributed by atoms with van der Waals surface area (Å²) in [6.07, 6.45) is 0. The summed E-state index contributed by atoms with van der Waals surface area (Å²) in [5.41, 5.74) is 2.69. The summed E-state index contributed by atoms with van der Waals surface area (Å²) < 4.78 is 4.97. The van der Waals surface area contributed by atoms with Crippen molar-refractivity contribution in [2.75, 3.05) is 7.11 Å². The monoisotopic (exact) mass is 330 g/mol. The van der Waals surface area contributed by atoms with E-state index in [9.17, 15) is 9.90 Å². The van der Waals surface area contributed by atoms with Gasteiger partial charge in [0.25, 0.3) is 0 Å². The molecule has 0 unspecified atom stereocenters. The minimum absolute atomic E-state index is 0.218. The lowest BCUT2D eigenvalue weighted by Crippen LogP contribution is -2.03. The third kappa shape index (κ3) is 2.16. The van der Waals surface area contributed by atoms with Crippen molar-refractivity contribution in [1.82, 2.24) is 0 Å². The molecule has 1 N–H and O–H groups in total. The molecule has 0 aliphatic rings. The lowest BCUT2D eigenvalue weighted by atomic mass is 9.89. The van der Waals surface area contributed by atoms with Crippen LogP contribution in [0.25, 0.3) is 32.3 Å². The van der Waals surface area contributed by atoms with Crippen molar-refractivity contribution in [2.45, 2.75) is 13.8 Å². The number of phenols is 1. The van der Waals surface area contributed by atoms with Gasteiger partial charge in [0, 0.05) is 5.39 Å². The fourth-order valence-corrected chi connectivity index (χ4v) is 3.77. The number of hydrogen-bond donors (Lipinski definition) is 1. The van der Waals surface area contributed by atoms with Crippen LogP contribution in [0.3, 0.4) is 0 Å². The van der Waals surface area contributed by atoms with Gasteiger partial charge in [0.2, 0.25) is 0 Å². The second-order valence-electron chi connectivity index (χ2n) is 6.40. The Bertz CT molecular complexity index is 1170. The van der Waals surface area contributed by atoms with Gasteiger partial charge in [-0.2, -0.15) is 0 Å². The number of carbonyl (C=O) groups excluding carboxylic acids is 1. The standard InChI is InChI=1S/C22H18O3/c1-12-6-4-8-15-17(22(24)25-3)10-14-11-18(23)16-9-5-7-13(2)20(16)21(14)19(12)15/h4-11,23H,1-3H3. The van der Waals surface area contributed by atoms with Gasteiger partial charge in [-0.1, -0.05) is 36.4 Å². The number of methoxy groups -OCH3 is 1. The van der Waals surface area contributed by atoms with Gasteiger partial charge < -0.3 is 9.84 Å². The number of esters is 1. The van der Waals surface area contributed by atoms with Gasteiger partial charge in [0.15, 0.2) is 0 Å². The van der Waals surface area contributed by atoms with E-state index in [0.717, 1.165) is 43.4 Å². The first kappa shape index (κ1) is 15.5. The molecule has 4 aromatic carbocycles. The van der Waals surface area contributed by atoms with Gasteiger partial charge in [0.1, 0.15) is 5.75 Å². The van der Waals surface area contributed by atoms with Crippen LogP contribution in [-0.2, 0) is 4.74 Å². The van der Waals surface area contributed by atoms with E-state index in [2.05, 4.69) is 0 Å². The first-order valence-corrected chi connectivity index (χ1v) is 8.18. The highest BCUT2D eigenvalue weighted by Gasteiger charge is 2.18. The molecule has 0 bridgehead atoms. The van der Waals surface area contributed by atoms with E-state index in [0.29, 0.717) is 5.56 Å². The van der Waals surface area contributed by atoms with Crippen LogP contribution in [0.1, 0.15) is 21.5 Å². The zero-order valence-corrected chi connectivity index (χ0v) is 14.4. The Morgan fingerprint density at radius 2 is 1.48 bits per heavy atom. The minimum Gasteiger partial charge on any atom is -0.507 e. The summed E-state index contributed by atoms with van der Waals surface area (Å²) in [5.74, 6) is -0.156. The van der Waals surface area contributed by atoms with Crippen LogP contribution in [0, 0.1) is 13.8 Å². The van der Waals surface area contributed by atoms with Gasteiger partial charge in [-0.05, 0) is 64.0 Å². The van der Waals surface area contributed by atoms with Crippen molar-refractivity contribution in [2.24, 2.45) is 0 Å². The number of rotatable bonds is 1. The normalized spacial score (nSPS) is 11.3. The van der Waals surface area contributed by atoms with Crippen molar-refractivity contribution in [3.63, 3.8) is 0 Å². The number of aromatic hydroxyl groups is 1. The van der Waals surface area contributed by atoms with Gasteiger partial charge >= 0.3 is 5.97 Å². The lowest BCUT2D eigenvalue weighted by molar-refractivity contribution is 0.0603. The molecule has 0 heterocycles. The van der Waals surface area contributed by atoms with Crippen molar-refractivity contribution >= 4 is 38.3 Å². The molecule has 124 valence electrons. The maximum atomic E-state index is 12.3. The first-order chi connectivity index (χ1) is 12.0. The summed E-state index contributed by atoms with van der Waals surface area (Å²) in [7, 11) is 1.39. The van der Waals surface area contributed by atoms with E-state index < -0.39 is 0 Å². The van der Waals surface area contributed by atoms with Gasteiger partial charge in [-0.25, -0.2) is 4.79 Å². The van der Waals surface area contributed by atoms with E-state index >= 15 is 0 Å². The Hall–Kier alpha value is -3.07.